The monoisotopic (exact) mass is 176 g/mol. The van der Waals surface area contributed by atoms with Crippen molar-refractivity contribution in [2.45, 2.75) is 0 Å². The number of rotatable bonds is 1. The van der Waals surface area contributed by atoms with Gasteiger partial charge in [-0.2, -0.15) is 0 Å². The van der Waals surface area contributed by atoms with Gasteiger partial charge in [-0.25, -0.2) is 4.98 Å². The Morgan fingerprint density at radius 1 is 1.50 bits per heavy atom. The SMILES string of the molecule is O=Nc1ncc(Cl)cc1Cl. The molecule has 0 aliphatic carbocycles. The third-order valence-corrected chi connectivity index (χ3v) is 1.36. The van der Waals surface area contributed by atoms with Crippen LogP contribution in [0.1, 0.15) is 0 Å². The van der Waals surface area contributed by atoms with Crippen LogP contribution in [0.15, 0.2) is 17.4 Å². The van der Waals surface area contributed by atoms with E-state index in [0.29, 0.717) is 5.02 Å². The Labute approximate surface area is 67.0 Å². The van der Waals surface area contributed by atoms with Crippen LogP contribution in [0.4, 0.5) is 5.82 Å². The zero-order valence-electron chi connectivity index (χ0n) is 4.71. The molecule has 0 radical (unpaired) electrons. The summed E-state index contributed by atoms with van der Waals surface area (Å²) in [5, 5.41) is 3.11. The molecule has 52 valence electrons. The van der Waals surface area contributed by atoms with Gasteiger partial charge in [0.1, 0.15) is 0 Å². The van der Waals surface area contributed by atoms with E-state index in [2.05, 4.69) is 10.2 Å². The second kappa shape index (κ2) is 2.94. The fourth-order valence-corrected chi connectivity index (χ4v) is 0.889. The largest absolute Gasteiger partial charge is 0.231 e. The van der Waals surface area contributed by atoms with Gasteiger partial charge in [0.2, 0.25) is 5.82 Å². The van der Waals surface area contributed by atoms with E-state index in [1.54, 1.807) is 0 Å². The van der Waals surface area contributed by atoms with Crippen LogP contribution in [0.5, 0.6) is 0 Å². The van der Waals surface area contributed by atoms with Crippen LogP contribution in [0.3, 0.4) is 0 Å². The molecule has 0 spiro atoms. The minimum absolute atomic E-state index is 0.0360. The topological polar surface area (TPSA) is 42.3 Å². The second-order valence-corrected chi connectivity index (χ2v) is 2.39. The van der Waals surface area contributed by atoms with E-state index in [9.17, 15) is 4.91 Å². The summed E-state index contributed by atoms with van der Waals surface area (Å²) in [7, 11) is 0. The Balaban J connectivity index is 3.19. The van der Waals surface area contributed by atoms with E-state index in [0.717, 1.165) is 0 Å². The predicted molar refractivity (Wildman–Crippen MR) is 39.7 cm³/mol. The zero-order chi connectivity index (χ0) is 7.56. The number of halogens is 2. The maximum Gasteiger partial charge on any atom is 0.215 e. The third-order valence-electron chi connectivity index (χ3n) is 0.875. The standard InChI is InChI=1S/C5H2Cl2N2O/c6-3-1-4(7)5(9-10)8-2-3/h1-2H. The van der Waals surface area contributed by atoms with Crippen molar-refractivity contribution < 1.29 is 0 Å². The molecule has 0 saturated carbocycles. The van der Waals surface area contributed by atoms with Crippen molar-refractivity contribution in [2.75, 3.05) is 0 Å². The summed E-state index contributed by atoms with van der Waals surface area (Å²) < 4.78 is 0. The van der Waals surface area contributed by atoms with Crippen molar-refractivity contribution >= 4 is 29.0 Å². The second-order valence-electron chi connectivity index (χ2n) is 1.55. The van der Waals surface area contributed by atoms with Gasteiger partial charge >= 0.3 is 0 Å². The first-order valence-electron chi connectivity index (χ1n) is 2.38. The molecule has 3 nitrogen and oxygen atoms in total. The first-order chi connectivity index (χ1) is 4.74. The summed E-state index contributed by atoms with van der Waals surface area (Å²) >= 11 is 11.0. The van der Waals surface area contributed by atoms with Crippen molar-refractivity contribution in [1.29, 1.82) is 0 Å². The highest BCUT2D eigenvalue weighted by Gasteiger charge is 2.00. The molecular formula is C5H2Cl2N2O. The van der Waals surface area contributed by atoms with Gasteiger partial charge in [0.15, 0.2) is 0 Å². The average molecular weight is 177 g/mol. The van der Waals surface area contributed by atoms with Gasteiger partial charge in [-0.05, 0) is 11.2 Å². The van der Waals surface area contributed by atoms with Crippen LogP contribution in [0.2, 0.25) is 10.0 Å². The molecule has 10 heavy (non-hydrogen) atoms. The van der Waals surface area contributed by atoms with Gasteiger partial charge in [0, 0.05) is 6.20 Å². The Morgan fingerprint density at radius 3 is 2.70 bits per heavy atom. The molecule has 0 aromatic carbocycles. The van der Waals surface area contributed by atoms with E-state index < -0.39 is 0 Å². The zero-order valence-corrected chi connectivity index (χ0v) is 6.23. The molecule has 1 rings (SSSR count). The van der Waals surface area contributed by atoms with E-state index in [1.165, 1.54) is 12.3 Å². The summed E-state index contributed by atoms with van der Waals surface area (Å²) in [6, 6.07) is 1.41. The number of aromatic nitrogens is 1. The molecule has 0 fully saturated rings. The number of pyridine rings is 1. The van der Waals surface area contributed by atoms with Crippen molar-refractivity contribution in [3.8, 4) is 0 Å². The lowest BCUT2D eigenvalue weighted by Crippen LogP contribution is -1.73. The van der Waals surface area contributed by atoms with Gasteiger partial charge in [-0.3, -0.25) is 0 Å². The van der Waals surface area contributed by atoms with Gasteiger partial charge in [-0.1, -0.05) is 23.2 Å². The lowest BCUT2D eigenvalue weighted by atomic mass is 10.5. The maximum atomic E-state index is 9.90. The lowest BCUT2D eigenvalue weighted by Gasteiger charge is -1.91. The average Bonchev–Trinajstić information content (AvgIpc) is 1.88. The molecule has 1 aromatic heterocycles. The minimum atomic E-state index is -0.0360. The molecule has 0 aliphatic heterocycles. The number of hydrogen-bond donors (Lipinski definition) is 0. The highest BCUT2D eigenvalue weighted by Crippen LogP contribution is 2.24. The molecule has 0 atom stereocenters. The van der Waals surface area contributed by atoms with E-state index in [4.69, 9.17) is 23.2 Å². The fourth-order valence-electron chi connectivity index (χ4n) is 0.475. The van der Waals surface area contributed by atoms with Crippen molar-refractivity contribution in [3.63, 3.8) is 0 Å². The van der Waals surface area contributed by atoms with Crippen LogP contribution in [-0.4, -0.2) is 4.98 Å². The predicted octanol–water partition coefficient (Wildman–Crippen LogP) is 2.79. The van der Waals surface area contributed by atoms with Crippen molar-refractivity contribution in [3.05, 3.63) is 27.2 Å². The smallest absolute Gasteiger partial charge is 0.215 e. The van der Waals surface area contributed by atoms with Crippen LogP contribution in [0, 0.1) is 4.91 Å². The van der Waals surface area contributed by atoms with E-state index in [-0.39, 0.29) is 10.8 Å². The van der Waals surface area contributed by atoms with Gasteiger partial charge in [-0.15, -0.1) is 4.91 Å². The normalized spacial score (nSPS) is 9.40. The maximum absolute atomic E-state index is 9.90. The molecule has 0 saturated heterocycles. The molecule has 0 bridgehead atoms. The molecule has 0 aliphatic rings. The van der Waals surface area contributed by atoms with Crippen molar-refractivity contribution in [2.24, 2.45) is 5.18 Å². The summed E-state index contributed by atoms with van der Waals surface area (Å²) in [5.41, 5.74) is 0. The van der Waals surface area contributed by atoms with Crippen LogP contribution >= 0.6 is 23.2 Å². The van der Waals surface area contributed by atoms with Gasteiger partial charge < -0.3 is 0 Å². The summed E-state index contributed by atoms with van der Waals surface area (Å²) in [6.45, 7) is 0. The van der Waals surface area contributed by atoms with Crippen LogP contribution < -0.4 is 0 Å². The van der Waals surface area contributed by atoms with Crippen LogP contribution in [0.25, 0.3) is 0 Å². The molecule has 0 N–H and O–H groups in total. The molecule has 1 heterocycles. The molecule has 0 amide bonds. The first kappa shape index (κ1) is 7.44. The van der Waals surface area contributed by atoms with E-state index in [1.807, 2.05) is 0 Å². The fraction of sp³-hybridized carbons (Fsp3) is 0. The summed E-state index contributed by atoms with van der Waals surface area (Å²) in [6.07, 6.45) is 1.31. The Kier molecular flexibility index (Phi) is 2.19. The number of hydrogen-bond acceptors (Lipinski definition) is 3. The van der Waals surface area contributed by atoms with Gasteiger partial charge in [0.25, 0.3) is 0 Å². The lowest BCUT2D eigenvalue weighted by molar-refractivity contribution is 1.27. The van der Waals surface area contributed by atoms with Gasteiger partial charge in [0.05, 0.1) is 10.0 Å². The first-order valence-corrected chi connectivity index (χ1v) is 3.14. The third kappa shape index (κ3) is 1.43. The van der Waals surface area contributed by atoms with Crippen LogP contribution in [-0.2, 0) is 0 Å². The van der Waals surface area contributed by atoms with Crippen molar-refractivity contribution in [1.82, 2.24) is 4.98 Å². The molecule has 5 heteroatoms. The summed E-state index contributed by atoms with van der Waals surface area (Å²) in [4.78, 5) is 13.5. The quantitative estimate of drug-likeness (QED) is 0.618. The Bertz CT molecular complexity index is 264. The Hall–Kier alpha value is -0.670. The highest BCUT2D eigenvalue weighted by atomic mass is 35.5. The summed E-state index contributed by atoms with van der Waals surface area (Å²) in [5.74, 6) is -0.0360. The minimum Gasteiger partial charge on any atom is -0.231 e. The molecule has 1 aromatic rings. The Morgan fingerprint density at radius 2 is 2.20 bits per heavy atom. The molecular weight excluding hydrogens is 175 g/mol. The van der Waals surface area contributed by atoms with E-state index >= 15 is 0 Å². The number of nitrogens with zero attached hydrogens (tertiary/aromatic N) is 2. The molecule has 0 unspecified atom stereocenters. The highest BCUT2D eigenvalue weighted by molar-refractivity contribution is 6.35. The number of nitroso groups, excluding NO2 is 1.